The summed E-state index contributed by atoms with van der Waals surface area (Å²) in [5.41, 5.74) is 2.69. The van der Waals surface area contributed by atoms with Crippen molar-refractivity contribution in [3.8, 4) is 22.7 Å². The van der Waals surface area contributed by atoms with E-state index in [1.807, 2.05) is 54.6 Å². The average Bonchev–Trinajstić information content (AvgIpc) is 3.21. The Morgan fingerprint density at radius 1 is 0.931 bits per heavy atom. The van der Waals surface area contributed by atoms with Crippen molar-refractivity contribution in [1.82, 2.24) is 15.0 Å². The highest BCUT2D eigenvalue weighted by atomic mass is 35.5. The Kier molecular flexibility index (Phi) is 5.27. The summed E-state index contributed by atoms with van der Waals surface area (Å²) < 4.78 is 5.31. The first-order valence-corrected chi connectivity index (χ1v) is 9.26. The summed E-state index contributed by atoms with van der Waals surface area (Å²) in [7, 11) is 1.55. The van der Waals surface area contributed by atoms with Crippen molar-refractivity contribution in [2.45, 2.75) is 0 Å². The first kappa shape index (κ1) is 18.7. The number of methoxy groups -OCH3 is 1. The summed E-state index contributed by atoms with van der Waals surface area (Å²) in [6.07, 6.45) is 0. The van der Waals surface area contributed by atoms with Crippen LogP contribution in [-0.4, -0.2) is 28.0 Å². The normalized spacial score (nSPS) is 10.6. The van der Waals surface area contributed by atoms with Crippen LogP contribution in [0.5, 0.6) is 5.75 Å². The molecule has 4 aromatic rings. The molecular formula is C22H17ClN4O2. The molecule has 4 rings (SSSR count). The molecule has 6 nitrogen and oxygen atoms in total. The van der Waals surface area contributed by atoms with Crippen LogP contribution in [0.15, 0.2) is 78.9 Å². The molecule has 0 spiro atoms. The number of ether oxygens (including phenoxy) is 1. The lowest BCUT2D eigenvalue weighted by Crippen LogP contribution is -2.14. The molecule has 1 N–H and O–H groups in total. The lowest BCUT2D eigenvalue weighted by molar-refractivity contribution is 0.102. The van der Waals surface area contributed by atoms with Gasteiger partial charge in [-0.05, 0) is 36.4 Å². The Balaban J connectivity index is 1.77. The molecule has 0 aliphatic rings. The first-order chi connectivity index (χ1) is 14.2. The second-order valence-corrected chi connectivity index (χ2v) is 6.62. The van der Waals surface area contributed by atoms with Crippen LogP contribution < -0.4 is 10.1 Å². The molecule has 3 aromatic carbocycles. The number of aromatic nitrogens is 3. The number of nitrogens with zero attached hydrogens (tertiary/aromatic N) is 3. The van der Waals surface area contributed by atoms with Crippen molar-refractivity contribution in [1.29, 1.82) is 0 Å². The van der Waals surface area contributed by atoms with Gasteiger partial charge < -0.3 is 10.1 Å². The van der Waals surface area contributed by atoms with Crippen molar-refractivity contribution < 1.29 is 9.53 Å². The largest absolute Gasteiger partial charge is 0.495 e. The number of rotatable bonds is 5. The molecule has 0 radical (unpaired) electrons. The van der Waals surface area contributed by atoms with Gasteiger partial charge in [-0.2, -0.15) is 4.80 Å². The van der Waals surface area contributed by atoms with Crippen LogP contribution in [0.2, 0.25) is 5.02 Å². The van der Waals surface area contributed by atoms with Gasteiger partial charge in [0.2, 0.25) is 0 Å². The second kappa shape index (κ2) is 8.16. The number of anilines is 1. The fourth-order valence-electron chi connectivity index (χ4n) is 2.87. The van der Waals surface area contributed by atoms with E-state index in [0.717, 1.165) is 11.3 Å². The summed E-state index contributed by atoms with van der Waals surface area (Å²) in [5.74, 6) is 0.172. The molecule has 0 bridgehead atoms. The minimum Gasteiger partial charge on any atom is -0.495 e. The predicted molar refractivity (Wildman–Crippen MR) is 113 cm³/mol. The van der Waals surface area contributed by atoms with Crippen LogP contribution in [-0.2, 0) is 0 Å². The molecular weight excluding hydrogens is 388 g/mol. The van der Waals surface area contributed by atoms with Crippen molar-refractivity contribution in [2.24, 2.45) is 0 Å². The number of amides is 1. The van der Waals surface area contributed by atoms with Crippen LogP contribution in [0, 0.1) is 0 Å². The summed E-state index contributed by atoms with van der Waals surface area (Å²) in [6.45, 7) is 0. The number of halogens is 1. The molecule has 1 aromatic heterocycles. The van der Waals surface area contributed by atoms with Gasteiger partial charge in [-0.3, -0.25) is 4.79 Å². The smallest absolute Gasteiger partial charge is 0.278 e. The molecule has 0 saturated carbocycles. The average molecular weight is 405 g/mol. The molecule has 0 unspecified atom stereocenters. The van der Waals surface area contributed by atoms with E-state index in [4.69, 9.17) is 16.3 Å². The van der Waals surface area contributed by atoms with E-state index in [1.165, 1.54) is 4.80 Å². The minimum atomic E-state index is -0.387. The molecule has 29 heavy (non-hydrogen) atoms. The van der Waals surface area contributed by atoms with Gasteiger partial charge in [0, 0.05) is 10.6 Å². The molecule has 144 valence electrons. The Morgan fingerprint density at radius 3 is 2.34 bits per heavy atom. The maximum Gasteiger partial charge on any atom is 0.278 e. The number of hydrogen-bond donors (Lipinski definition) is 1. The van der Waals surface area contributed by atoms with E-state index in [0.29, 0.717) is 22.2 Å². The summed E-state index contributed by atoms with van der Waals surface area (Å²) in [6, 6.07) is 23.7. The van der Waals surface area contributed by atoms with Gasteiger partial charge in [0.25, 0.3) is 5.91 Å². The zero-order valence-corrected chi connectivity index (χ0v) is 16.3. The lowest BCUT2D eigenvalue weighted by atomic mass is 10.1. The van der Waals surface area contributed by atoms with Crippen molar-refractivity contribution in [2.75, 3.05) is 12.4 Å². The number of nitrogens with one attached hydrogen (secondary N) is 1. The van der Waals surface area contributed by atoms with Gasteiger partial charge in [0.1, 0.15) is 11.4 Å². The Morgan fingerprint density at radius 2 is 1.62 bits per heavy atom. The summed E-state index contributed by atoms with van der Waals surface area (Å²) in [4.78, 5) is 14.5. The van der Waals surface area contributed by atoms with E-state index in [2.05, 4.69) is 15.5 Å². The highest BCUT2D eigenvalue weighted by molar-refractivity contribution is 6.30. The zero-order chi connectivity index (χ0) is 20.2. The van der Waals surface area contributed by atoms with Crippen LogP contribution >= 0.6 is 11.6 Å². The number of carbonyl (C=O) groups excluding carboxylic acids is 1. The molecule has 0 saturated heterocycles. The van der Waals surface area contributed by atoms with Gasteiger partial charge >= 0.3 is 0 Å². The third kappa shape index (κ3) is 3.97. The molecule has 1 amide bonds. The fourth-order valence-corrected chi connectivity index (χ4v) is 2.99. The van der Waals surface area contributed by atoms with Crippen molar-refractivity contribution in [3.05, 3.63) is 89.6 Å². The van der Waals surface area contributed by atoms with Crippen LogP contribution in [0.25, 0.3) is 16.9 Å². The second-order valence-electron chi connectivity index (χ2n) is 6.18. The fraction of sp³-hybridized carbons (Fsp3) is 0.0455. The maximum atomic E-state index is 13.1. The molecule has 1 heterocycles. The summed E-state index contributed by atoms with van der Waals surface area (Å²) in [5, 5.41) is 12.5. The standard InChI is InChI=1S/C22H17ClN4O2/c1-29-19-10-6-5-9-18(19)24-22(28)21-20(15-11-13-16(23)14-12-15)25-27(26-21)17-7-3-2-4-8-17/h2-14H,1H3,(H,24,28). The van der Waals surface area contributed by atoms with Gasteiger partial charge in [-0.1, -0.05) is 54.1 Å². The third-order valence-corrected chi connectivity index (χ3v) is 4.54. The van der Waals surface area contributed by atoms with Gasteiger partial charge in [-0.15, -0.1) is 10.2 Å². The van der Waals surface area contributed by atoms with Gasteiger partial charge in [0.05, 0.1) is 18.5 Å². The maximum absolute atomic E-state index is 13.1. The molecule has 7 heteroatoms. The minimum absolute atomic E-state index is 0.196. The third-order valence-electron chi connectivity index (χ3n) is 4.29. The number of para-hydroxylation sites is 3. The van der Waals surface area contributed by atoms with E-state index >= 15 is 0 Å². The van der Waals surface area contributed by atoms with Crippen LogP contribution in [0.4, 0.5) is 5.69 Å². The molecule has 0 aliphatic heterocycles. The zero-order valence-electron chi connectivity index (χ0n) is 15.5. The quantitative estimate of drug-likeness (QED) is 0.516. The van der Waals surface area contributed by atoms with Gasteiger partial charge in [-0.25, -0.2) is 0 Å². The highest BCUT2D eigenvalue weighted by Crippen LogP contribution is 2.27. The molecule has 0 aliphatic carbocycles. The van der Waals surface area contributed by atoms with E-state index in [1.54, 1.807) is 31.4 Å². The number of carbonyl (C=O) groups is 1. The number of benzene rings is 3. The summed E-state index contributed by atoms with van der Waals surface area (Å²) >= 11 is 6.01. The SMILES string of the molecule is COc1ccccc1NC(=O)c1nn(-c2ccccc2)nc1-c1ccc(Cl)cc1. The lowest BCUT2D eigenvalue weighted by Gasteiger charge is -2.09. The molecule has 0 atom stereocenters. The van der Waals surface area contributed by atoms with Crippen molar-refractivity contribution >= 4 is 23.2 Å². The Bertz CT molecular complexity index is 1140. The first-order valence-electron chi connectivity index (χ1n) is 8.89. The Hall–Kier alpha value is -3.64. The van der Waals surface area contributed by atoms with E-state index in [9.17, 15) is 4.79 Å². The van der Waals surface area contributed by atoms with E-state index < -0.39 is 0 Å². The van der Waals surface area contributed by atoms with Crippen molar-refractivity contribution in [3.63, 3.8) is 0 Å². The highest BCUT2D eigenvalue weighted by Gasteiger charge is 2.22. The Labute approximate surface area is 172 Å². The number of hydrogen-bond acceptors (Lipinski definition) is 4. The van der Waals surface area contributed by atoms with Crippen LogP contribution in [0.1, 0.15) is 10.5 Å². The van der Waals surface area contributed by atoms with E-state index in [-0.39, 0.29) is 11.6 Å². The monoisotopic (exact) mass is 404 g/mol. The van der Waals surface area contributed by atoms with Gasteiger partial charge in [0.15, 0.2) is 5.69 Å². The topological polar surface area (TPSA) is 69.0 Å². The molecule has 0 fully saturated rings. The predicted octanol–water partition coefficient (Wildman–Crippen LogP) is 4.85. The van der Waals surface area contributed by atoms with Crippen LogP contribution in [0.3, 0.4) is 0 Å².